The van der Waals surface area contributed by atoms with Crippen LogP contribution in [0, 0.1) is 0 Å². The smallest absolute Gasteiger partial charge is 0.252 e. The van der Waals surface area contributed by atoms with E-state index < -0.39 is 0 Å². The zero-order valence-electron chi connectivity index (χ0n) is 14.6. The first-order valence-corrected chi connectivity index (χ1v) is 8.84. The second-order valence-electron chi connectivity index (χ2n) is 6.29. The van der Waals surface area contributed by atoms with E-state index in [2.05, 4.69) is 4.98 Å². The molecule has 1 aromatic carbocycles. The molecule has 0 unspecified atom stereocenters. The molecule has 0 atom stereocenters. The first kappa shape index (κ1) is 17.2. The highest BCUT2D eigenvalue weighted by Gasteiger charge is 2.26. The maximum atomic E-state index is 12.9. The van der Waals surface area contributed by atoms with Crippen LogP contribution in [0.3, 0.4) is 0 Å². The molecule has 0 N–H and O–H groups in total. The first-order chi connectivity index (χ1) is 12.3. The van der Waals surface area contributed by atoms with Gasteiger partial charge in [0.15, 0.2) is 0 Å². The van der Waals surface area contributed by atoms with Crippen LogP contribution >= 0.6 is 0 Å². The Morgan fingerprint density at radius 2 is 1.88 bits per heavy atom. The number of methoxy groups -OCH3 is 1. The summed E-state index contributed by atoms with van der Waals surface area (Å²) in [6.45, 7) is 0. The van der Waals surface area contributed by atoms with E-state index in [0.29, 0.717) is 0 Å². The van der Waals surface area contributed by atoms with Crippen molar-refractivity contribution in [3.63, 3.8) is 0 Å². The molecule has 1 aromatic heterocycles. The number of benzene rings is 1. The lowest BCUT2D eigenvalue weighted by atomic mass is 9.94. The van der Waals surface area contributed by atoms with Gasteiger partial charge in [0.1, 0.15) is 11.6 Å². The van der Waals surface area contributed by atoms with Crippen molar-refractivity contribution >= 4 is 17.8 Å². The minimum atomic E-state index is -0.0126. The van der Waals surface area contributed by atoms with Gasteiger partial charge in [0, 0.05) is 18.3 Å². The number of anilines is 1. The van der Waals surface area contributed by atoms with Crippen molar-refractivity contribution in [1.82, 2.24) is 4.98 Å². The van der Waals surface area contributed by atoms with Gasteiger partial charge in [-0.25, -0.2) is 4.98 Å². The maximum Gasteiger partial charge on any atom is 0.252 e. The molecule has 1 aliphatic carbocycles. The molecule has 1 heterocycles. The van der Waals surface area contributed by atoms with Crippen LogP contribution in [0.2, 0.25) is 0 Å². The fourth-order valence-corrected chi connectivity index (χ4v) is 3.28. The van der Waals surface area contributed by atoms with Crippen molar-refractivity contribution in [3.8, 4) is 5.75 Å². The van der Waals surface area contributed by atoms with Crippen LogP contribution in [0.4, 0.5) is 5.82 Å². The van der Waals surface area contributed by atoms with Gasteiger partial charge in [-0.1, -0.05) is 37.5 Å². The zero-order chi connectivity index (χ0) is 17.5. The molecule has 1 amide bonds. The minimum Gasteiger partial charge on any atom is -0.497 e. The van der Waals surface area contributed by atoms with E-state index >= 15 is 0 Å². The number of amides is 1. The molecule has 0 spiro atoms. The molecule has 1 fully saturated rings. The number of hydrogen-bond acceptors (Lipinski definition) is 3. The van der Waals surface area contributed by atoms with Gasteiger partial charge in [0.05, 0.1) is 7.11 Å². The number of rotatable bonds is 5. The molecule has 25 heavy (non-hydrogen) atoms. The Labute approximate surface area is 149 Å². The highest BCUT2D eigenvalue weighted by atomic mass is 16.5. The fraction of sp³-hybridized carbons (Fsp3) is 0.333. The van der Waals surface area contributed by atoms with Gasteiger partial charge in [-0.05, 0) is 48.7 Å². The van der Waals surface area contributed by atoms with Crippen molar-refractivity contribution < 1.29 is 9.53 Å². The Morgan fingerprint density at radius 3 is 2.52 bits per heavy atom. The summed E-state index contributed by atoms with van der Waals surface area (Å²) in [7, 11) is 1.64. The highest BCUT2D eigenvalue weighted by Crippen LogP contribution is 2.26. The SMILES string of the molecule is COc1ccc(C=CC(=O)N(c2ccccn2)C2CCCCC2)cc1. The summed E-state index contributed by atoms with van der Waals surface area (Å²) in [6.07, 6.45) is 10.9. The van der Waals surface area contributed by atoms with Crippen LogP contribution in [-0.2, 0) is 4.79 Å². The Kier molecular flexibility index (Phi) is 5.83. The third-order valence-electron chi connectivity index (χ3n) is 4.61. The molecule has 130 valence electrons. The molecule has 2 aromatic rings. The van der Waals surface area contributed by atoms with Crippen molar-refractivity contribution in [2.45, 2.75) is 38.1 Å². The molecular weight excluding hydrogens is 312 g/mol. The Hall–Kier alpha value is -2.62. The van der Waals surface area contributed by atoms with Gasteiger partial charge in [-0.15, -0.1) is 0 Å². The largest absolute Gasteiger partial charge is 0.497 e. The van der Waals surface area contributed by atoms with E-state index in [9.17, 15) is 4.79 Å². The normalized spacial score (nSPS) is 15.2. The first-order valence-electron chi connectivity index (χ1n) is 8.84. The second-order valence-corrected chi connectivity index (χ2v) is 6.29. The molecular formula is C21H24N2O2. The molecule has 1 aliphatic rings. The summed E-state index contributed by atoms with van der Waals surface area (Å²) in [6, 6.07) is 13.6. The van der Waals surface area contributed by atoms with Crippen LogP contribution in [0.1, 0.15) is 37.7 Å². The van der Waals surface area contributed by atoms with E-state index in [1.807, 2.05) is 53.4 Å². The third-order valence-corrected chi connectivity index (χ3v) is 4.61. The fourth-order valence-electron chi connectivity index (χ4n) is 3.28. The van der Waals surface area contributed by atoms with Gasteiger partial charge < -0.3 is 4.74 Å². The lowest BCUT2D eigenvalue weighted by Gasteiger charge is -2.32. The molecule has 4 nitrogen and oxygen atoms in total. The van der Waals surface area contributed by atoms with Crippen LogP contribution < -0.4 is 9.64 Å². The van der Waals surface area contributed by atoms with Crippen molar-refractivity contribution in [1.29, 1.82) is 0 Å². The van der Waals surface area contributed by atoms with E-state index in [0.717, 1.165) is 30.0 Å². The van der Waals surface area contributed by atoms with Crippen LogP contribution in [-0.4, -0.2) is 24.0 Å². The van der Waals surface area contributed by atoms with Crippen LogP contribution in [0.25, 0.3) is 6.08 Å². The number of hydrogen-bond donors (Lipinski definition) is 0. The topological polar surface area (TPSA) is 42.4 Å². The van der Waals surface area contributed by atoms with Crippen LogP contribution in [0.5, 0.6) is 5.75 Å². The predicted molar refractivity (Wildman–Crippen MR) is 101 cm³/mol. The van der Waals surface area contributed by atoms with Gasteiger partial charge in [0.25, 0.3) is 5.91 Å². The van der Waals surface area contributed by atoms with Gasteiger partial charge in [0.2, 0.25) is 0 Å². The third kappa shape index (κ3) is 4.47. The number of pyridine rings is 1. The monoisotopic (exact) mass is 336 g/mol. The molecule has 0 saturated heterocycles. The number of aromatic nitrogens is 1. The Balaban J connectivity index is 1.79. The average molecular weight is 336 g/mol. The molecule has 3 rings (SSSR count). The van der Waals surface area contributed by atoms with E-state index in [4.69, 9.17) is 4.74 Å². The molecule has 1 saturated carbocycles. The average Bonchev–Trinajstić information content (AvgIpc) is 2.69. The molecule has 0 aliphatic heterocycles. The molecule has 0 radical (unpaired) electrons. The summed E-state index contributed by atoms with van der Waals surface area (Å²) in [5.41, 5.74) is 0.971. The maximum absolute atomic E-state index is 12.9. The standard InChI is InChI=1S/C21H24N2O2/c1-25-19-13-10-17(11-14-19)12-15-21(24)23(18-7-3-2-4-8-18)20-9-5-6-16-22-20/h5-6,9-16,18H,2-4,7-8H2,1H3. The van der Waals surface area contributed by atoms with E-state index in [1.54, 1.807) is 19.4 Å². The number of ether oxygens (including phenoxy) is 1. The van der Waals surface area contributed by atoms with Gasteiger partial charge >= 0.3 is 0 Å². The highest BCUT2D eigenvalue weighted by molar-refractivity contribution is 6.03. The van der Waals surface area contributed by atoms with Crippen molar-refractivity contribution in [2.75, 3.05) is 12.0 Å². The summed E-state index contributed by atoms with van der Waals surface area (Å²) < 4.78 is 5.16. The lowest BCUT2D eigenvalue weighted by molar-refractivity contribution is -0.114. The summed E-state index contributed by atoms with van der Waals surface area (Å²) in [5.74, 6) is 1.53. The van der Waals surface area contributed by atoms with E-state index in [1.165, 1.54) is 19.3 Å². The Bertz CT molecular complexity index is 704. The summed E-state index contributed by atoms with van der Waals surface area (Å²) in [5, 5.41) is 0. The van der Waals surface area contributed by atoms with Crippen molar-refractivity contribution in [2.24, 2.45) is 0 Å². The van der Waals surface area contributed by atoms with Crippen LogP contribution in [0.15, 0.2) is 54.7 Å². The van der Waals surface area contributed by atoms with Gasteiger partial charge in [-0.3, -0.25) is 9.69 Å². The van der Waals surface area contributed by atoms with E-state index in [-0.39, 0.29) is 11.9 Å². The number of carbonyl (C=O) groups excluding carboxylic acids is 1. The lowest BCUT2D eigenvalue weighted by Crippen LogP contribution is -2.41. The quantitative estimate of drug-likeness (QED) is 0.757. The molecule has 4 heteroatoms. The van der Waals surface area contributed by atoms with Crippen molar-refractivity contribution in [3.05, 3.63) is 60.3 Å². The summed E-state index contributed by atoms with van der Waals surface area (Å²) in [4.78, 5) is 19.2. The minimum absolute atomic E-state index is 0.0126. The van der Waals surface area contributed by atoms with Gasteiger partial charge in [-0.2, -0.15) is 0 Å². The summed E-state index contributed by atoms with van der Waals surface area (Å²) >= 11 is 0. The Morgan fingerprint density at radius 1 is 1.12 bits per heavy atom. The predicted octanol–water partition coefficient (Wildman–Crippen LogP) is 4.47. The number of carbonyl (C=O) groups is 1. The molecule has 0 bridgehead atoms. The second kappa shape index (κ2) is 8.47. The number of nitrogens with zero attached hydrogens (tertiary/aromatic N) is 2. The zero-order valence-corrected chi connectivity index (χ0v) is 14.6.